The molecule has 0 amide bonds. The van der Waals surface area contributed by atoms with Crippen LogP contribution < -0.4 is 0 Å². The number of nitriles is 1. The SMILES string of the molecule is CCCc1ccc([C@H]2CC[C@H](OC[C@H]3CC[C@H](CCC=CC=CC#N)CC3)CC2)cc1. The summed E-state index contributed by atoms with van der Waals surface area (Å²) in [4.78, 5) is 0. The number of rotatable bonds is 10. The molecule has 0 radical (unpaired) electrons. The highest BCUT2D eigenvalue weighted by atomic mass is 16.5. The highest BCUT2D eigenvalue weighted by molar-refractivity contribution is 5.26. The Hall–Kier alpha value is -1.85. The molecule has 2 fully saturated rings. The molecule has 0 aliphatic heterocycles. The van der Waals surface area contributed by atoms with Gasteiger partial charge in [0.25, 0.3) is 0 Å². The maximum Gasteiger partial charge on any atom is 0.0912 e. The molecule has 0 N–H and O–H groups in total. The molecule has 2 heteroatoms. The Balaban J connectivity index is 1.28. The molecule has 0 atom stereocenters. The van der Waals surface area contributed by atoms with E-state index in [1.165, 1.54) is 87.8 Å². The minimum absolute atomic E-state index is 0.486. The summed E-state index contributed by atoms with van der Waals surface area (Å²) in [5.74, 6) is 2.38. The number of hydrogen-bond donors (Lipinski definition) is 0. The van der Waals surface area contributed by atoms with Crippen molar-refractivity contribution in [3.8, 4) is 6.07 Å². The van der Waals surface area contributed by atoms with Crippen LogP contribution in [0.3, 0.4) is 0 Å². The molecule has 0 spiro atoms. The topological polar surface area (TPSA) is 33.0 Å². The Kier molecular flexibility index (Phi) is 10.4. The van der Waals surface area contributed by atoms with Gasteiger partial charge in [-0.3, -0.25) is 0 Å². The van der Waals surface area contributed by atoms with Gasteiger partial charge in [0.1, 0.15) is 0 Å². The summed E-state index contributed by atoms with van der Waals surface area (Å²) in [7, 11) is 0. The number of benzene rings is 1. The van der Waals surface area contributed by atoms with Gasteiger partial charge in [0, 0.05) is 12.7 Å². The summed E-state index contributed by atoms with van der Waals surface area (Å²) >= 11 is 0. The third-order valence-corrected chi connectivity index (χ3v) is 7.36. The van der Waals surface area contributed by atoms with Crippen molar-refractivity contribution in [2.24, 2.45) is 11.8 Å². The minimum Gasteiger partial charge on any atom is -0.378 e. The normalized spacial score (nSPS) is 27.0. The molecular weight excluding hydrogens is 378 g/mol. The van der Waals surface area contributed by atoms with Gasteiger partial charge in [0.05, 0.1) is 12.2 Å². The number of allylic oxidation sites excluding steroid dienone is 4. The zero-order chi connectivity index (χ0) is 21.7. The smallest absolute Gasteiger partial charge is 0.0912 e. The van der Waals surface area contributed by atoms with Crippen LogP contribution in [-0.4, -0.2) is 12.7 Å². The zero-order valence-electron chi connectivity index (χ0n) is 19.5. The van der Waals surface area contributed by atoms with Gasteiger partial charge in [-0.05, 0) is 86.7 Å². The molecule has 2 saturated carbocycles. The van der Waals surface area contributed by atoms with Crippen molar-refractivity contribution in [2.45, 2.75) is 96.0 Å². The van der Waals surface area contributed by atoms with E-state index in [4.69, 9.17) is 10.00 Å². The average Bonchev–Trinajstić information content (AvgIpc) is 2.82. The molecule has 0 saturated heterocycles. The van der Waals surface area contributed by atoms with Crippen LogP contribution >= 0.6 is 0 Å². The van der Waals surface area contributed by atoms with Crippen LogP contribution in [0.25, 0.3) is 0 Å². The number of nitrogens with zero attached hydrogens (tertiary/aromatic N) is 1. The largest absolute Gasteiger partial charge is 0.378 e. The predicted octanol–water partition coefficient (Wildman–Crippen LogP) is 7.90. The van der Waals surface area contributed by atoms with E-state index in [9.17, 15) is 0 Å². The van der Waals surface area contributed by atoms with E-state index in [-0.39, 0.29) is 0 Å². The molecule has 168 valence electrons. The molecule has 0 unspecified atom stereocenters. The molecule has 0 aromatic heterocycles. The lowest BCUT2D eigenvalue weighted by Crippen LogP contribution is -2.25. The van der Waals surface area contributed by atoms with E-state index in [0.29, 0.717) is 6.10 Å². The third-order valence-electron chi connectivity index (χ3n) is 7.36. The molecule has 2 nitrogen and oxygen atoms in total. The summed E-state index contributed by atoms with van der Waals surface area (Å²) < 4.78 is 6.38. The Bertz CT molecular complexity index is 710. The molecule has 31 heavy (non-hydrogen) atoms. The van der Waals surface area contributed by atoms with Gasteiger partial charge in [-0.15, -0.1) is 0 Å². The Morgan fingerprint density at radius 3 is 2.32 bits per heavy atom. The van der Waals surface area contributed by atoms with Crippen molar-refractivity contribution in [1.29, 1.82) is 5.26 Å². The monoisotopic (exact) mass is 419 g/mol. The van der Waals surface area contributed by atoms with Crippen LogP contribution in [0.2, 0.25) is 0 Å². The zero-order valence-corrected chi connectivity index (χ0v) is 19.5. The fourth-order valence-corrected chi connectivity index (χ4v) is 5.37. The van der Waals surface area contributed by atoms with Crippen molar-refractivity contribution in [3.05, 3.63) is 59.7 Å². The number of aryl methyl sites for hydroxylation is 1. The standard InChI is InChI=1S/C29H41NO/c1-2-8-24-14-16-27(17-15-24)28-18-20-29(21-19-28)31-23-26-12-10-25(11-13-26)9-6-4-3-5-7-22-30/h3-5,7,14-17,25-26,28-29H,2,6,8-13,18-21,23H2,1H3/t25-,26-,28-,29-. The molecule has 1 aromatic rings. The van der Waals surface area contributed by atoms with Crippen molar-refractivity contribution in [2.75, 3.05) is 6.61 Å². The van der Waals surface area contributed by atoms with Crippen LogP contribution in [0, 0.1) is 23.2 Å². The second kappa shape index (κ2) is 13.5. The summed E-state index contributed by atoms with van der Waals surface area (Å²) in [6.07, 6.45) is 23.3. The third kappa shape index (κ3) is 8.30. The second-order valence-corrected chi connectivity index (χ2v) is 9.68. The van der Waals surface area contributed by atoms with E-state index < -0.39 is 0 Å². The first-order chi connectivity index (χ1) is 15.3. The second-order valence-electron chi connectivity index (χ2n) is 9.68. The minimum atomic E-state index is 0.486. The number of ether oxygens (including phenoxy) is 1. The van der Waals surface area contributed by atoms with Crippen LogP contribution in [0.1, 0.15) is 94.6 Å². The summed E-state index contributed by atoms with van der Waals surface area (Å²) in [6, 6.07) is 11.4. The summed E-state index contributed by atoms with van der Waals surface area (Å²) in [6.45, 7) is 3.23. The molecule has 0 heterocycles. The summed E-state index contributed by atoms with van der Waals surface area (Å²) in [5, 5.41) is 8.48. The van der Waals surface area contributed by atoms with Crippen molar-refractivity contribution in [3.63, 3.8) is 0 Å². The van der Waals surface area contributed by atoms with Gasteiger partial charge in [-0.25, -0.2) is 0 Å². The first-order valence-electron chi connectivity index (χ1n) is 12.7. The van der Waals surface area contributed by atoms with Gasteiger partial charge in [0.15, 0.2) is 0 Å². The van der Waals surface area contributed by atoms with E-state index in [2.05, 4.69) is 37.3 Å². The van der Waals surface area contributed by atoms with Gasteiger partial charge < -0.3 is 4.74 Å². The first-order valence-corrected chi connectivity index (χ1v) is 12.7. The molecule has 0 bridgehead atoms. The average molecular weight is 420 g/mol. The van der Waals surface area contributed by atoms with Crippen LogP contribution in [0.5, 0.6) is 0 Å². The van der Waals surface area contributed by atoms with Crippen LogP contribution in [-0.2, 0) is 11.2 Å². The fraction of sp³-hybridized carbons (Fsp3) is 0.621. The van der Waals surface area contributed by atoms with Crippen LogP contribution in [0.4, 0.5) is 0 Å². The highest BCUT2D eigenvalue weighted by Crippen LogP contribution is 2.36. The lowest BCUT2D eigenvalue weighted by atomic mass is 9.80. The van der Waals surface area contributed by atoms with Gasteiger partial charge in [-0.2, -0.15) is 5.26 Å². The van der Waals surface area contributed by atoms with Crippen molar-refractivity contribution < 1.29 is 4.74 Å². The predicted molar refractivity (Wildman–Crippen MR) is 130 cm³/mol. The molecular formula is C29H41NO. The Morgan fingerprint density at radius 1 is 0.935 bits per heavy atom. The Labute approximate surface area is 190 Å². The maximum absolute atomic E-state index is 8.48. The molecule has 2 aliphatic carbocycles. The van der Waals surface area contributed by atoms with Gasteiger partial charge in [-0.1, -0.05) is 68.7 Å². The van der Waals surface area contributed by atoms with E-state index in [1.54, 1.807) is 0 Å². The molecule has 1 aromatic carbocycles. The van der Waals surface area contributed by atoms with Crippen molar-refractivity contribution >= 4 is 0 Å². The first kappa shape index (κ1) is 23.8. The highest BCUT2D eigenvalue weighted by Gasteiger charge is 2.25. The van der Waals surface area contributed by atoms with E-state index >= 15 is 0 Å². The Morgan fingerprint density at radius 2 is 1.65 bits per heavy atom. The fourth-order valence-electron chi connectivity index (χ4n) is 5.37. The van der Waals surface area contributed by atoms with E-state index in [1.807, 2.05) is 18.2 Å². The molecule has 3 rings (SSSR count). The van der Waals surface area contributed by atoms with Crippen LogP contribution in [0.15, 0.2) is 48.6 Å². The van der Waals surface area contributed by atoms with Gasteiger partial charge >= 0.3 is 0 Å². The van der Waals surface area contributed by atoms with E-state index in [0.717, 1.165) is 30.8 Å². The summed E-state index contributed by atoms with van der Waals surface area (Å²) in [5.41, 5.74) is 3.01. The number of hydrogen-bond acceptors (Lipinski definition) is 2. The van der Waals surface area contributed by atoms with Crippen molar-refractivity contribution in [1.82, 2.24) is 0 Å². The van der Waals surface area contributed by atoms with Gasteiger partial charge in [0.2, 0.25) is 0 Å². The maximum atomic E-state index is 8.48. The molecule has 2 aliphatic rings. The lowest BCUT2D eigenvalue weighted by Gasteiger charge is -2.32. The lowest BCUT2D eigenvalue weighted by molar-refractivity contribution is -0.00474. The quantitative estimate of drug-likeness (QED) is 0.285.